The van der Waals surface area contributed by atoms with Crippen LogP contribution < -0.4 is 0 Å². The molecule has 0 N–H and O–H groups in total. The molecular formula is C19H12Cl2N4O2. The highest BCUT2D eigenvalue weighted by molar-refractivity contribution is 6.33. The highest BCUT2D eigenvalue weighted by Gasteiger charge is 2.35. The molecule has 0 radical (unpaired) electrons. The topological polar surface area (TPSA) is 67.6 Å². The van der Waals surface area contributed by atoms with Crippen molar-refractivity contribution in [3.05, 3.63) is 81.1 Å². The second-order valence-corrected chi connectivity index (χ2v) is 6.69. The van der Waals surface area contributed by atoms with Crippen LogP contribution in [0.4, 0.5) is 0 Å². The quantitative estimate of drug-likeness (QED) is 0.492. The summed E-state index contributed by atoms with van der Waals surface area (Å²) < 4.78 is 1.52. The number of hydrogen-bond acceptors (Lipinski definition) is 4. The Morgan fingerprint density at radius 3 is 2.30 bits per heavy atom. The lowest BCUT2D eigenvalue weighted by Crippen LogP contribution is -2.24. The first-order chi connectivity index (χ1) is 13.0. The van der Waals surface area contributed by atoms with Crippen LogP contribution in [0.15, 0.2) is 53.6 Å². The molecule has 134 valence electrons. The van der Waals surface area contributed by atoms with Gasteiger partial charge >= 0.3 is 0 Å². The number of aromatic nitrogens is 2. The molecule has 0 aliphatic carbocycles. The van der Waals surface area contributed by atoms with E-state index < -0.39 is 11.8 Å². The SMILES string of the molecule is Cc1nn(-c2cccc(Cl)c2)c(Cl)c1C=NN1C(=O)c2ccccc2C1=O. The Labute approximate surface area is 164 Å². The monoisotopic (exact) mass is 398 g/mol. The second kappa shape index (κ2) is 6.64. The summed E-state index contributed by atoms with van der Waals surface area (Å²) in [5.41, 5.74) is 2.46. The molecule has 1 aliphatic rings. The lowest BCUT2D eigenvalue weighted by Gasteiger charge is -2.05. The third-order valence-corrected chi connectivity index (χ3v) is 4.77. The molecule has 0 saturated heterocycles. The smallest absolute Gasteiger partial charge is 0.267 e. The van der Waals surface area contributed by atoms with E-state index in [1.54, 1.807) is 49.4 Å². The van der Waals surface area contributed by atoms with Gasteiger partial charge in [0.15, 0.2) is 0 Å². The summed E-state index contributed by atoms with van der Waals surface area (Å²) in [5.74, 6) is -0.939. The van der Waals surface area contributed by atoms with Gasteiger partial charge in [-0.25, -0.2) is 4.68 Å². The number of carbonyl (C=O) groups excluding carboxylic acids is 2. The molecule has 1 aliphatic heterocycles. The predicted molar refractivity (Wildman–Crippen MR) is 103 cm³/mol. The van der Waals surface area contributed by atoms with Crippen molar-refractivity contribution in [1.82, 2.24) is 14.8 Å². The molecule has 27 heavy (non-hydrogen) atoms. The first-order valence-electron chi connectivity index (χ1n) is 8.00. The number of carbonyl (C=O) groups is 2. The fraction of sp³-hybridized carbons (Fsp3) is 0.0526. The molecule has 0 spiro atoms. The lowest BCUT2D eigenvalue weighted by molar-refractivity contribution is 0.0660. The fourth-order valence-corrected chi connectivity index (χ4v) is 3.34. The van der Waals surface area contributed by atoms with Gasteiger partial charge in [-0.3, -0.25) is 9.59 Å². The number of rotatable bonds is 3. The number of fused-ring (bicyclic) bond motifs is 1. The van der Waals surface area contributed by atoms with Crippen LogP contribution in [-0.2, 0) is 0 Å². The Bertz CT molecular complexity index is 1090. The molecular weight excluding hydrogens is 387 g/mol. The molecule has 2 heterocycles. The molecule has 0 atom stereocenters. The Morgan fingerprint density at radius 2 is 1.67 bits per heavy atom. The summed E-state index contributed by atoms with van der Waals surface area (Å²) in [6.07, 6.45) is 1.37. The summed E-state index contributed by atoms with van der Waals surface area (Å²) in [6.45, 7) is 1.76. The second-order valence-electron chi connectivity index (χ2n) is 5.89. The zero-order valence-corrected chi connectivity index (χ0v) is 15.6. The Balaban J connectivity index is 1.68. The third kappa shape index (κ3) is 2.93. The molecule has 3 aromatic rings. The molecule has 0 fully saturated rings. The largest absolute Gasteiger partial charge is 0.282 e. The van der Waals surface area contributed by atoms with E-state index in [4.69, 9.17) is 23.2 Å². The molecule has 0 saturated carbocycles. The number of hydrazone groups is 1. The van der Waals surface area contributed by atoms with Gasteiger partial charge in [-0.2, -0.15) is 15.2 Å². The number of nitrogens with zero attached hydrogens (tertiary/aromatic N) is 4. The molecule has 6 nitrogen and oxygen atoms in total. The lowest BCUT2D eigenvalue weighted by atomic mass is 10.1. The van der Waals surface area contributed by atoms with E-state index in [-0.39, 0.29) is 0 Å². The fourth-order valence-electron chi connectivity index (χ4n) is 2.83. The number of hydrogen-bond donors (Lipinski definition) is 0. The number of aryl methyl sites for hydroxylation is 1. The molecule has 2 aromatic carbocycles. The van der Waals surface area contributed by atoms with Gasteiger partial charge in [-0.05, 0) is 37.3 Å². The van der Waals surface area contributed by atoms with E-state index in [1.807, 2.05) is 6.07 Å². The highest BCUT2D eigenvalue weighted by Crippen LogP contribution is 2.25. The van der Waals surface area contributed by atoms with Gasteiger partial charge in [0, 0.05) is 5.02 Å². The third-order valence-electron chi connectivity index (χ3n) is 4.18. The normalized spacial score (nSPS) is 13.7. The maximum Gasteiger partial charge on any atom is 0.282 e. The predicted octanol–water partition coefficient (Wildman–Crippen LogP) is 4.12. The summed E-state index contributed by atoms with van der Waals surface area (Å²) in [7, 11) is 0. The average molecular weight is 399 g/mol. The minimum atomic E-state index is -0.470. The van der Waals surface area contributed by atoms with Crippen molar-refractivity contribution < 1.29 is 9.59 Å². The number of halogens is 2. The van der Waals surface area contributed by atoms with Crippen LogP contribution in [0.25, 0.3) is 5.69 Å². The molecule has 8 heteroatoms. The van der Waals surface area contributed by atoms with Gasteiger partial charge in [0.1, 0.15) is 5.15 Å². The van der Waals surface area contributed by atoms with Crippen LogP contribution in [-0.4, -0.2) is 32.8 Å². The van der Waals surface area contributed by atoms with E-state index in [1.165, 1.54) is 10.9 Å². The molecule has 1 aromatic heterocycles. The molecule has 2 amide bonds. The zero-order chi connectivity index (χ0) is 19.1. The van der Waals surface area contributed by atoms with Crippen molar-refractivity contribution in [3.63, 3.8) is 0 Å². The van der Waals surface area contributed by atoms with E-state index >= 15 is 0 Å². The zero-order valence-electron chi connectivity index (χ0n) is 14.1. The van der Waals surface area contributed by atoms with Crippen molar-refractivity contribution in [2.24, 2.45) is 5.10 Å². The van der Waals surface area contributed by atoms with Crippen molar-refractivity contribution in [3.8, 4) is 5.69 Å². The van der Waals surface area contributed by atoms with Gasteiger partial charge < -0.3 is 0 Å². The molecule has 0 bridgehead atoms. The van der Waals surface area contributed by atoms with Gasteiger partial charge in [-0.1, -0.05) is 41.4 Å². The van der Waals surface area contributed by atoms with Crippen molar-refractivity contribution >= 4 is 41.2 Å². The minimum Gasteiger partial charge on any atom is -0.267 e. The van der Waals surface area contributed by atoms with Gasteiger partial charge in [-0.15, -0.1) is 0 Å². The van der Waals surface area contributed by atoms with E-state index in [0.717, 1.165) is 5.01 Å². The summed E-state index contributed by atoms with van der Waals surface area (Å²) in [4.78, 5) is 24.8. The van der Waals surface area contributed by atoms with Crippen molar-refractivity contribution in [2.75, 3.05) is 0 Å². The van der Waals surface area contributed by atoms with E-state index in [0.29, 0.717) is 38.2 Å². The molecule has 0 unspecified atom stereocenters. The Morgan fingerprint density at radius 1 is 1.00 bits per heavy atom. The first-order valence-corrected chi connectivity index (χ1v) is 8.76. The van der Waals surface area contributed by atoms with Crippen LogP contribution in [0.5, 0.6) is 0 Å². The Kier molecular flexibility index (Phi) is 4.30. The van der Waals surface area contributed by atoms with Crippen LogP contribution in [0, 0.1) is 6.92 Å². The van der Waals surface area contributed by atoms with Crippen LogP contribution in [0.3, 0.4) is 0 Å². The van der Waals surface area contributed by atoms with Gasteiger partial charge in [0.25, 0.3) is 11.8 Å². The number of amides is 2. The summed E-state index contributed by atoms with van der Waals surface area (Å²) in [5, 5.41) is 10.1. The minimum absolute atomic E-state index is 0.301. The maximum atomic E-state index is 12.4. The standard InChI is InChI=1S/C19H12Cl2N4O2/c1-11-16(17(21)24(23-11)13-6-4-5-12(20)9-13)10-22-25-18(26)14-7-2-3-8-15(14)19(25)27/h2-10H,1H3. The Hall–Kier alpha value is -2.96. The summed E-state index contributed by atoms with van der Waals surface area (Å²) >= 11 is 12.5. The van der Waals surface area contributed by atoms with E-state index in [9.17, 15) is 9.59 Å². The van der Waals surface area contributed by atoms with Crippen molar-refractivity contribution in [1.29, 1.82) is 0 Å². The van der Waals surface area contributed by atoms with Gasteiger partial charge in [0.2, 0.25) is 0 Å². The summed E-state index contributed by atoms with van der Waals surface area (Å²) in [6, 6.07) is 13.7. The first kappa shape index (κ1) is 17.5. The van der Waals surface area contributed by atoms with Gasteiger partial charge in [0.05, 0.1) is 34.3 Å². The van der Waals surface area contributed by atoms with Crippen LogP contribution >= 0.6 is 23.2 Å². The highest BCUT2D eigenvalue weighted by atomic mass is 35.5. The van der Waals surface area contributed by atoms with Crippen molar-refractivity contribution in [2.45, 2.75) is 6.92 Å². The van der Waals surface area contributed by atoms with E-state index in [2.05, 4.69) is 10.2 Å². The maximum absolute atomic E-state index is 12.4. The van der Waals surface area contributed by atoms with Crippen LogP contribution in [0.2, 0.25) is 10.2 Å². The number of imide groups is 1. The van der Waals surface area contributed by atoms with Crippen LogP contribution in [0.1, 0.15) is 32.0 Å². The average Bonchev–Trinajstić information content (AvgIpc) is 3.08. The number of benzene rings is 2. The molecule has 4 rings (SSSR count).